The van der Waals surface area contributed by atoms with Gasteiger partial charge in [0.25, 0.3) is 17.4 Å². The molecular formula is C31H42N8O10S2. The number of amides is 2. The Kier molecular flexibility index (Phi) is 10.4. The molecule has 2 amide bonds. The van der Waals surface area contributed by atoms with E-state index in [1.807, 2.05) is 6.07 Å². The van der Waals surface area contributed by atoms with Gasteiger partial charge < -0.3 is 36.8 Å². The van der Waals surface area contributed by atoms with E-state index < -0.39 is 57.2 Å². The lowest BCUT2D eigenvalue weighted by Crippen LogP contribution is -2.76. The number of oxime groups is 1. The van der Waals surface area contributed by atoms with Crippen molar-refractivity contribution in [1.29, 1.82) is 5.41 Å². The third kappa shape index (κ3) is 7.93. The van der Waals surface area contributed by atoms with E-state index in [1.54, 1.807) is 12.1 Å². The monoisotopic (exact) mass is 750 g/mol. The van der Waals surface area contributed by atoms with Crippen LogP contribution in [0.1, 0.15) is 76.6 Å². The molecule has 1 aromatic heterocycles. The lowest BCUT2D eigenvalue weighted by molar-refractivity contribution is -0.218. The minimum absolute atomic E-state index is 0.0576. The predicted octanol–water partition coefficient (Wildman–Crippen LogP) is 1.35. The molecule has 0 unspecified atom stereocenters. The maximum atomic E-state index is 13.5. The first-order valence-corrected chi connectivity index (χ1v) is 18.4. The molecule has 0 bridgehead atoms. The largest absolute Gasteiger partial charge is 0.485 e. The van der Waals surface area contributed by atoms with Crippen molar-refractivity contribution in [2.24, 2.45) is 16.8 Å². The Bertz CT molecular complexity index is 1860. The number of hydroxylamine groups is 2. The molecule has 2 aliphatic heterocycles. The molecule has 5 rings (SSSR count). The highest BCUT2D eigenvalue weighted by molar-refractivity contribution is 7.80. The molecule has 9 N–H and O–H groups in total. The lowest BCUT2D eigenvalue weighted by Gasteiger charge is -2.50. The number of amidine groups is 1. The Morgan fingerprint density at radius 1 is 1.25 bits per heavy atom. The van der Waals surface area contributed by atoms with Gasteiger partial charge in [-0.1, -0.05) is 5.16 Å². The topological polar surface area (TPSA) is 282 Å². The summed E-state index contributed by atoms with van der Waals surface area (Å²) < 4.78 is 41.8. The number of hydrogen-bond donors (Lipinski definition) is 7. The van der Waals surface area contributed by atoms with Gasteiger partial charge in [-0.15, -0.1) is 15.6 Å². The Labute approximate surface area is 298 Å². The molecule has 51 heavy (non-hydrogen) atoms. The van der Waals surface area contributed by atoms with Crippen molar-refractivity contribution in [2.45, 2.75) is 95.0 Å². The molecule has 1 saturated heterocycles. The average Bonchev–Trinajstić information content (AvgIpc) is 3.50. The minimum Gasteiger partial charge on any atom is -0.485 e. The van der Waals surface area contributed by atoms with Gasteiger partial charge in [0.2, 0.25) is 0 Å². The van der Waals surface area contributed by atoms with Crippen molar-refractivity contribution in [3.05, 3.63) is 40.4 Å². The van der Waals surface area contributed by atoms with E-state index >= 15 is 0 Å². The summed E-state index contributed by atoms with van der Waals surface area (Å²) >= 11 is 0.965. The number of nitrogens with zero attached hydrogens (tertiary/aromatic N) is 3. The molecule has 278 valence electrons. The SMILES string of the molecule is CC1(NC(=N)c2ccc3c(c2)CC[C@H]([C@](C)(O/N=C(\C(=O)N[C@@H]2C(=O)N(OS(=O)(=O)O)C2(C)C)c2csc(N)n2)C(=O)O)O3)CCC(CN)CC1. The van der Waals surface area contributed by atoms with E-state index in [2.05, 4.69) is 32.0 Å². The normalized spacial score (nSPS) is 25.8. The molecule has 0 radical (unpaired) electrons. The van der Waals surface area contributed by atoms with E-state index in [0.29, 0.717) is 35.3 Å². The van der Waals surface area contributed by atoms with Gasteiger partial charge in [-0.05, 0) is 102 Å². The van der Waals surface area contributed by atoms with Gasteiger partial charge in [0.15, 0.2) is 16.9 Å². The van der Waals surface area contributed by atoms with E-state index in [1.165, 1.54) is 26.2 Å². The highest BCUT2D eigenvalue weighted by Crippen LogP contribution is 2.36. The van der Waals surface area contributed by atoms with E-state index in [-0.39, 0.29) is 28.6 Å². The molecule has 3 atom stereocenters. The predicted molar refractivity (Wildman–Crippen MR) is 184 cm³/mol. The maximum absolute atomic E-state index is 13.5. The molecule has 1 aliphatic carbocycles. The third-order valence-corrected chi connectivity index (χ3v) is 10.7. The zero-order valence-corrected chi connectivity index (χ0v) is 30.1. The van der Waals surface area contributed by atoms with Gasteiger partial charge in [-0.3, -0.25) is 19.6 Å². The summed E-state index contributed by atoms with van der Waals surface area (Å²) in [5.74, 6) is -2.27. The smallest absolute Gasteiger partial charge is 0.418 e. The number of benzene rings is 1. The van der Waals surface area contributed by atoms with Crippen molar-refractivity contribution in [3.8, 4) is 5.75 Å². The Balaban J connectivity index is 1.32. The number of carbonyl (C=O) groups excluding carboxylic acids is 2. The van der Waals surface area contributed by atoms with E-state index in [0.717, 1.165) is 42.6 Å². The molecule has 0 spiro atoms. The molecule has 18 nitrogen and oxygen atoms in total. The molecular weight excluding hydrogens is 709 g/mol. The first-order chi connectivity index (χ1) is 23.8. The van der Waals surface area contributed by atoms with Crippen LogP contribution < -0.4 is 26.8 Å². The summed E-state index contributed by atoms with van der Waals surface area (Å²) in [4.78, 5) is 48.5. The number of β-lactam (4-membered cyclic amide) rings is 1. The van der Waals surface area contributed by atoms with Crippen LogP contribution in [0.15, 0.2) is 28.7 Å². The van der Waals surface area contributed by atoms with Gasteiger partial charge in [-0.2, -0.15) is 13.5 Å². The number of aliphatic carboxylic acids is 1. The van der Waals surface area contributed by atoms with Crippen LogP contribution >= 0.6 is 11.3 Å². The number of fused-ring (bicyclic) bond motifs is 1. The number of carbonyl (C=O) groups is 3. The zero-order chi connectivity index (χ0) is 37.5. The first kappa shape index (κ1) is 37.9. The number of hydrogen-bond acceptors (Lipinski definition) is 14. The van der Waals surface area contributed by atoms with Crippen molar-refractivity contribution in [3.63, 3.8) is 0 Å². The van der Waals surface area contributed by atoms with Gasteiger partial charge in [0.05, 0.1) is 5.54 Å². The van der Waals surface area contributed by atoms with E-state index in [9.17, 15) is 27.9 Å². The average molecular weight is 751 g/mol. The molecule has 3 aliphatic rings. The molecule has 1 aromatic carbocycles. The molecule has 1 saturated carbocycles. The van der Waals surface area contributed by atoms with Crippen LogP contribution in [0.2, 0.25) is 0 Å². The molecule has 20 heteroatoms. The Hall–Kier alpha value is -4.37. The second-order valence-corrected chi connectivity index (χ2v) is 15.8. The summed E-state index contributed by atoms with van der Waals surface area (Å²) in [5, 5.41) is 30.6. The van der Waals surface area contributed by atoms with Crippen LogP contribution in [0.5, 0.6) is 5.75 Å². The van der Waals surface area contributed by atoms with Crippen LogP contribution in [-0.4, -0.2) is 92.8 Å². The maximum Gasteiger partial charge on any atom is 0.418 e. The first-order valence-electron chi connectivity index (χ1n) is 16.2. The number of aromatic nitrogens is 1. The Morgan fingerprint density at radius 3 is 2.51 bits per heavy atom. The van der Waals surface area contributed by atoms with Crippen molar-refractivity contribution < 1.29 is 46.3 Å². The highest BCUT2D eigenvalue weighted by atomic mass is 32.3. The fraction of sp³-hybridized carbons (Fsp3) is 0.548. The van der Waals surface area contributed by atoms with Crippen molar-refractivity contribution in [2.75, 3.05) is 12.3 Å². The number of rotatable bonds is 12. The van der Waals surface area contributed by atoms with Crippen molar-refractivity contribution >= 4 is 56.2 Å². The van der Waals surface area contributed by atoms with E-state index in [4.69, 9.17) is 31.0 Å². The molecule has 2 fully saturated rings. The van der Waals surface area contributed by atoms with Crippen LogP contribution in [0.3, 0.4) is 0 Å². The zero-order valence-electron chi connectivity index (χ0n) is 28.5. The summed E-state index contributed by atoms with van der Waals surface area (Å²) in [6.45, 7) is 6.76. The molecule has 2 aromatic rings. The lowest BCUT2D eigenvalue weighted by atomic mass is 9.77. The second-order valence-electron chi connectivity index (χ2n) is 13.9. The van der Waals surface area contributed by atoms with Crippen LogP contribution in [0, 0.1) is 11.3 Å². The number of ether oxygens (including phenoxy) is 1. The number of thiazole rings is 1. The standard InChI is InChI=1S/C31H42N8O10S2/c1-29(2)23(26(41)39(29)49-51(44,45)46)36-25(40)22(19-15-50-28(34)35-19)38-48-31(4,27(42)43)21-8-6-17-13-18(5-7-20(17)47-21)24(33)37-30(3)11-9-16(14-32)10-12-30/h5,7,13,15-16,21,23H,6,8-12,14,32H2,1-4H3,(H2,33,37)(H2,34,35)(H,36,40)(H,42,43)(H,44,45,46)/b38-22-/t16?,21-,23-,30?,31+/m1/s1. The number of nitrogens with two attached hydrogens (primary N) is 2. The second kappa shape index (κ2) is 14.0. The van der Waals surface area contributed by atoms with Gasteiger partial charge in [-0.25, -0.2) is 9.78 Å². The van der Waals surface area contributed by atoms with Crippen LogP contribution in [-0.2, 0) is 40.3 Å². The van der Waals surface area contributed by atoms with Gasteiger partial charge in [0.1, 0.15) is 23.3 Å². The number of nitrogens with one attached hydrogen (secondary N) is 3. The minimum atomic E-state index is -5.03. The summed E-state index contributed by atoms with van der Waals surface area (Å²) in [6.07, 6.45) is 3.31. The number of carboxylic acid groups (broad SMARTS) is 1. The quantitative estimate of drug-likeness (QED) is 0.0530. The highest BCUT2D eigenvalue weighted by Gasteiger charge is 2.58. The fourth-order valence-electron chi connectivity index (χ4n) is 6.38. The molecule has 3 heterocycles. The summed E-state index contributed by atoms with van der Waals surface area (Å²) in [6, 6.07) is 3.90. The summed E-state index contributed by atoms with van der Waals surface area (Å²) in [5.41, 5.74) is 8.66. The van der Waals surface area contributed by atoms with Gasteiger partial charge in [0, 0.05) is 16.5 Å². The number of anilines is 1. The van der Waals surface area contributed by atoms with Crippen molar-refractivity contribution in [1.82, 2.24) is 20.7 Å². The fourth-order valence-corrected chi connectivity index (χ4v) is 7.38. The van der Waals surface area contributed by atoms with Crippen LogP contribution in [0.4, 0.5) is 5.13 Å². The van der Waals surface area contributed by atoms with Gasteiger partial charge >= 0.3 is 16.4 Å². The summed E-state index contributed by atoms with van der Waals surface area (Å²) in [7, 11) is -5.03. The number of aryl methyl sites for hydroxylation is 1. The number of carboxylic acids is 1. The van der Waals surface area contributed by atoms with Crippen LogP contribution in [0.25, 0.3) is 0 Å². The Morgan fingerprint density at radius 2 is 1.94 bits per heavy atom. The number of nitrogen functional groups attached to an aromatic ring is 1. The third-order valence-electron chi connectivity index (χ3n) is 9.73.